The Morgan fingerprint density at radius 3 is 3.00 bits per heavy atom. The first-order valence-corrected chi connectivity index (χ1v) is 5.60. The van der Waals surface area contributed by atoms with E-state index in [0.29, 0.717) is 0 Å². The summed E-state index contributed by atoms with van der Waals surface area (Å²) in [6, 6.07) is 4.14. The lowest BCUT2D eigenvalue weighted by atomic mass is 10.2. The third kappa shape index (κ3) is 3.75. The molecule has 0 aliphatic heterocycles. The fourth-order valence-corrected chi connectivity index (χ4v) is 2.09. The van der Waals surface area contributed by atoms with Gasteiger partial charge in [-0.1, -0.05) is 13.3 Å². The Labute approximate surface area is 88.4 Å². The van der Waals surface area contributed by atoms with Gasteiger partial charge in [-0.15, -0.1) is 11.3 Å². The number of unbranched alkanes of at least 4 members (excludes halogenated alkanes) is 1. The minimum Gasteiger partial charge on any atom is -0.366 e. The Morgan fingerprint density at radius 1 is 1.57 bits per heavy atom. The summed E-state index contributed by atoms with van der Waals surface area (Å²) < 4.78 is 0. The largest absolute Gasteiger partial charge is 0.366 e. The van der Waals surface area contributed by atoms with Crippen molar-refractivity contribution < 1.29 is 4.79 Å². The highest BCUT2D eigenvalue weighted by Crippen LogP contribution is 2.19. The molecule has 0 spiro atoms. The number of hydrogen-bond acceptors (Lipinski definition) is 2. The molecule has 0 bridgehead atoms. The van der Waals surface area contributed by atoms with Gasteiger partial charge in [0.2, 0.25) is 5.91 Å². The van der Waals surface area contributed by atoms with Crippen molar-refractivity contribution in [2.75, 3.05) is 0 Å². The Kier molecular flexibility index (Phi) is 4.40. The zero-order valence-corrected chi connectivity index (χ0v) is 9.14. The zero-order chi connectivity index (χ0) is 10.4. The molecule has 1 aromatic heterocycles. The number of carbonyl (C=O) groups excluding carboxylic acids is 1. The van der Waals surface area contributed by atoms with E-state index >= 15 is 0 Å². The molecule has 2 N–H and O–H groups in total. The normalized spacial score (nSPS) is 10.9. The molecule has 0 saturated carbocycles. The van der Waals surface area contributed by atoms with Crippen LogP contribution in [0.15, 0.2) is 18.2 Å². The summed E-state index contributed by atoms with van der Waals surface area (Å²) >= 11 is 1.72. The molecular formula is C11H15NOS. The third-order valence-electron chi connectivity index (χ3n) is 1.87. The van der Waals surface area contributed by atoms with Crippen LogP contribution in [0.2, 0.25) is 0 Å². The van der Waals surface area contributed by atoms with E-state index in [-0.39, 0.29) is 0 Å². The highest BCUT2D eigenvalue weighted by atomic mass is 32.1. The summed E-state index contributed by atoms with van der Waals surface area (Å²) in [5.74, 6) is -0.395. The third-order valence-corrected chi connectivity index (χ3v) is 2.98. The van der Waals surface area contributed by atoms with Gasteiger partial charge in [0, 0.05) is 15.8 Å². The van der Waals surface area contributed by atoms with Crippen LogP contribution in [-0.4, -0.2) is 5.91 Å². The van der Waals surface area contributed by atoms with E-state index in [1.165, 1.54) is 23.8 Å². The second-order valence-corrected chi connectivity index (χ2v) is 4.34. The molecule has 1 heterocycles. The van der Waals surface area contributed by atoms with E-state index in [0.717, 1.165) is 11.3 Å². The molecule has 0 atom stereocenters. The number of carbonyl (C=O) groups is 1. The smallest absolute Gasteiger partial charge is 0.241 e. The molecule has 1 amide bonds. The Bertz CT molecular complexity index is 328. The molecule has 0 aliphatic carbocycles. The molecule has 3 heteroatoms. The van der Waals surface area contributed by atoms with Crippen LogP contribution in [0.1, 0.15) is 29.5 Å². The molecule has 0 fully saturated rings. The minimum atomic E-state index is -0.395. The van der Waals surface area contributed by atoms with Gasteiger partial charge in [0.25, 0.3) is 0 Å². The van der Waals surface area contributed by atoms with Crippen molar-refractivity contribution in [2.24, 2.45) is 5.73 Å². The number of thiophene rings is 1. The average molecular weight is 209 g/mol. The average Bonchev–Trinajstić information content (AvgIpc) is 2.59. The van der Waals surface area contributed by atoms with E-state index < -0.39 is 5.91 Å². The van der Waals surface area contributed by atoms with Gasteiger partial charge in [0.05, 0.1) is 0 Å². The first-order chi connectivity index (χ1) is 6.72. The Balaban J connectivity index is 2.54. The molecule has 0 radical (unpaired) electrons. The van der Waals surface area contributed by atoms with Crippen LogP contribution < -0.4 is 5.73 Å². The molecule has 2 nitrogen and oxygen atoms in total. The first kappa shape index (κ1) is 11.0. The van der Waals surface area contributed by atoms with E-state index in [9.17, 15) is 4.79 Å². The lowest BCUT2D eigenvalue weighted by molar-refractivity contribution is -0.113. The lowest BCUT2D eigenvalue weighted by Gasteiger charge is -1.91. The van der Waals surface area contributed by atoms with Crippen molar-refractivity contribution in [3.05, 3.63) is 28.0 Å². The summed E-state index contributed by atoms with van der Waals surface area (Å²) in [5.41, 5.74) is 5.01. The van der Waals surface area contributed by atoms with Crippen LogP contribution in [0, 0.1) is 0 Å². The Morgan fingerprint density at radius 2 is 2.36 bits per heavy atom. The van der Waals surface area contributed by atoms with Crippen LogP contribution in [0.5, 0.6) is 0 Å². The maximum atomic E-state index is 10.5. The summed E-state index contributed by atoms with van der Waals surface area (Å²) in [6.45, 7) is 2.18. The quantitative estimate of drug-likeness (QED) is 0.744. The number of primary amides is 1. The van der Waals surface area contributed by atoms with Gasteiger partial charge in [-0.3, -0.25) is 4.79 Å². The topological polar surface area (TPSA) is 43.1 Å². The molecule has 14 heavy (non-hydrogen) atoms. The van der Waals surface area contributed by atoms with Crippen LogP contribution in [-0.2, 0) is 11.2 Å². The summed E-state index contributed by atoms with van der Waals surface area (Å²) in [4.78, 5) is 13.0. The summed E-state index contributed by atoms with van der Waals surface area (Å²) in [6.07, 6.45) is 6.73. The molecular weight excluding hydrogens is 194 g/mol. The minimum absolute atomic E-state index is 0.395. The van der Waals surface area contributed by atoms with Crippen molar-refractivity contribution in [1.29, 1.82) is 0 Å². The maximum Gasteiger partial charge on any atom is 0.241 e. The van der Waals surface area contributed by atoms with Gasteiger partial charge in [-0.05, 0) is 31.1 Å². The first-order valence-electron chi connectivity index (χ1n) is 4.78. The van der Waals surface area contributed by atoms with Crippen molar-refractivity contribution >= 4 is 23.3 Å². The monoisotopic (exact) mass is 209 g/mol. The molecule has 0 unspecified atom stereocenters. The van der Waals surface area contributed by atoms with E-state index in [1.54, 1.807) is 17.4 Å². The molecule has 0 saturated heterocycles. The second-order valence-electron chi connectivity index (χ2n) is 3.14. The number of rotatable bonds is 5. The predicted octanol–water partition coefficient (Wildman–Crippen LogP) is 2.59. The van der Waals surface area contributed by atoms with E-state index in [2.05, 4.69) is 13.0 Å². The van der Waals surface area contributed by atoms with E-state index in [1.807, 2.05) is 6.07 Å². The highest BCUT2D eigenvalue weighted by Gasteiger charge is 1.96. The second kappa shape index (κ2) is 5.60. The summed E-state index contributed by atoms with van der Waals surface area (Å²) in [7, 11) is 0. The lowest BCUT2D eigenvalue weighted by Crippen LogP contribution is -2.04. The molecule has 76 valence electrons. The molecule has 0 aromatic carbocycles. The number of aryl methyl sites for hydroxylation is 1. The standard InChI is InChI=1S/C11H15NOS/c1-2-3-4-9-5-6-10(14-9)7-8-11(12)13/h5-8H,2-4H2,1H3,(H2,12,13)/b8-7-. The molecule has 1 aromatic rings. The van der Waals surface area contributed by atoms with Gasteiger partial charge >= 0.3 is 0 Å². The van der Waals surface area contributed by atoms with Gasteiger partial charge < -0.3 is 5.73 Å². The van der Waals surface area contributed by atoms with Crippen molar-refractivity contribution in [2.45, 2.75) is 26.2 Å². The fourth-order valence-electron chi connectivity index (χ4n) is 1.13. The summed E-state index contributed by atoms with van der Waals surface area (Å²) in [5, 5.41) is 0. The van der Waals surface area contributed by atoms with Crippen LogP contribution in [0.25, 0.3) is 6.08 Å². The maximum absolute atomic E-state index is 10.5. The van der Waals surface area contributed by atoms with Gasteiger partial charge in [0.15, 0.2) is 0 Å². The number of amides is 1. The molecule has 1 rings (SSSR count). The van der Waals surface area contributed by atoms with Crippen molar-refractivity contribution in [1.82, 2.24) is 0 Å². The fraction of sp³-hybridized carbons (Fsp3) is 0.364. The van der Waals surface area contributed by atoms with Crippen molar-refractivity contribution in [3.8, 4) is 0 Å². The Hall–Kier alpha value is -1.09. The number of nitrogens with two attached hydrogens (primary N) is 1. The SMILES string of the molecule is CCCCc1ccc(/C=C\C(N)=O)s1. The van der Waals surface area contributed by atoms with Crippen LogP contribution >= 0.6 is 11.3 Å². The number of hydrogen-bond donors (Lipinski definition) is 1. The van der Waals surface area contributed by atoms with Gasteiger partial charge in [-0.25, -0.2) is 0 Å². The van der Waals surface area contributed by atoms with E-state index in [4.69, 9.17) is 5.73 Å². The molecule has 0 aliphatic rings. The highest BCUT2D eigenvalue weighted by molar-refractivity contribution is 7.12. The van der Waals surface area contributed by atoms with Gasteiger partial charge in [-0.2, -0.15) is 0 Å². The van der Waals surface area contributed by atoms with Crippen molar-refractivity contribution in [3.63, 3.8) is 0 Å². The van der Waals surface area contributed by atoms with Crippen LogP contribution in [0.3, 0.4) is 0 Å². The zero-order valence-electron chi connectivity index (χ0n) is 8.32. The predicted molar refractivity (Wildman–Crippen MR) is 61.2 cm³/mol. The van der Waals surface area contributed by atoms with Gasteiger partial charge in [0.1, 0.15) is 0 Å². The van der Waals surface area contributed by atoms with Crippen LogP contribution in [0.4, 0.5) is 0 Å².